The Balaban J connectivity index is 2.24. The third-order valence-corrected chi connectivity index (χ3v) is 3.24. The topological polar surface area (TPSA) is 3.24 Å². The van der Waals surface area contributed by atoms with Crippen molar-refractivity contribution in [2.45, 2.75) is 51.2 Å². The molecule has 0 bridgehead atoms. The Morgan fingerprint density at radius 2 is 2.46 bits per heavy atom. The molecule has 2 rings (SSSR count). The van der Waals surface area contributed by atoms with Crippen molar-refractivity contribution in [2.24, 2.45) is 5.92 Å². The van der Waals surface area contributed by atoms with E-state index in [0.29, 0.717) is 12.3 Å². The van der Waals surface area contributed by atoms with Gasteiger partial charge in [0, 0.05) is 14.8 Å². The maximum atomic E-state index is 13.7. The average molecular weight is 187 g/mol. The van der Waals surface area contributed by atoms with E-state index in [4.69, 9.17) is 2.74 Å². The van der Waals surface area contributed by atoms with Crippen molar-refractivity contribution < 1.29 is 7.13 Å². The zero-order valence-corrected chi connectivity index (χ0v) is 8.52. The Bertz CT molecular complexity index is 257. The molecule has 0 aromatic carbocycles. The minimum Gasteiger partial charge on any atom is -0.295 e. The van der Waals surface area contributed by atoms with Crippen LogP contribution in [-0.4, -0.2) is 29.7 Å². The summed E-state index contributed by atoms with van der Waals surface area (Å²) in [5.41, 5.74) is -0.183. The van der Waals surface area contributed by atoms with E-state index in [0.717, 1.165) is 25.8 Å². The Morgan fingerprint density at radius 3 is 3.15 bits per heavy atom. The second kappa shape index (κ2) is 3.23. The van der Waals surface area contributed by atoms with Crippen LogP contribution in [-0.2, 0) is 0 Å². The van der Waals surface area contributed by atoms with Gasteiger partial charge in [0.25, 0.3) is 0 Å². The van der Waals surface area contributed by atoms with Crippen molar-refractivity contribution in [3.63, 3.8) is 0 Å². The van der Waals surface area contributed by atoms with Crippen LogP contribution in [0, 0.1) is 5.92 Å². The first-order valence-electron chi connectivity index (χ1n) is 6.30. The van der Waals surface area contributed by atoms with E-state index in [2.05, 4.69) is 13.8 Å². The molecule has 2 saturated heterocycles. The van der Waals surface area contributed by atoms with Gasteiger partial charge in [0.05, 0.1) is 0 Å². The first-order valence-corrected chi connectivity index (χ1v) is 5.30. The van der Waals surface area contributed by atoms with Crippen molar-refractivity contribution in [2.75, 3.05) is 13.0 Å². The van der Waals surface area contributed by atoms with E-state index in [9.17, 15) is 4.39 Å². The van der Waals surface area contributed by atoms with Crippen LogP contribution in [0.25, 0.3) is 0 Å². The molecule has 2 aliphatic rings. The summed E-state index contributed by atoms with van der Waals surface area (Å²) in [6.07, 6.45) is 1.98. The van der Waals surface area contributed by atoms with Gasteiger partial charge >= 0.3 is 0 Å². The summed E-state index contributed by atoms with van der Waals surface area (Å²) in [6.45, 7) is 3.25. The van der Waals surface area contributed by atoms with Crippen molar-refractivity contribution in [1.29, 1.82) is 0 Å². The fourth-order valence-corrected chi connectivity index (χ4v) is 2.96. The van der Waals surface area contributed by atoms with Gasteiger partial charge in [0.15, 0.2) is 0 Å². The molecule has 0 unspecified atom stereocenters. The van der Waals surface area contributed by atoms with E-state index < -0.39 is 12.7 Å². The molecule has 2 aliphatic heterocycles. The van der Waals surface area contributed by atoms with E-state index >= 15 is 0 Å². The smallest absolute Gasteiger partial charge is 0.115 e. The molecule has 0 amide bonds. The molecule has 0 N–H and O–H groups in total. The Hall–Kier alpha value is -0.110. The van der Waals surface area contributed by atoms with Gasteiger partial charge in [0.2, 0.25) is 0 Å². The highest BCUT2D eigenvalue weighted by atomic mass is 19.1. The van der Waals surface area contributed by atoms with E-state index in [1.54, 1.807) is 4.90 Å². The fourth-order valence-electron chi connectivity index (χ4n) is 2.96. The van der Waals surface area contributed by atoms with Crippen LogP contribution in [0.3, 0.4) is 0 Å². The predicted octanol–water partition coefficient (Wildman–Crippen LogP) is 2.61. The van der Waals surface area contributed by atoms with Gasteiger partial charge < -0.3 is 0 Å². The van der Waals surface area contributed by atoms with Crippen LogP contribution in [0.2, 0.25) is 0 Å². The molecule has 13 heavy (non-hydrogen) atoms. The lowest BCUT2D eigenvalue weighted by Gasteiger charge is -2.33. The summed E-state index contributed by atoms with van der Waals surface area (Å²) in [4.78, 5) is 1.80. The highest BCUT2D eigenvalue weighted by Crippen LogP contribution is 2.43. The molecule has 2 fully saturated rings. The summed E-state index contributed by atoms with van der Waals surface area (Å²) in [6, 6.07) is 0. The maximum absolute atomic E-state index is 13.7. The quantitative estimate of drug-likeness (QED) is 0.642. The van der Waals surface area contributed by atoms with Gasteiger partial charge in [-0.15, -0.1) is 0 Å². The lowest BCUT2D eigenvalue weighted by atomic mass is 9.85. The molecular formula is C11H20FN. The first-order chi connectivity index (χ1) is 6.88. The van der Waals surface area contributed by atoms with E-state index in [1.807, 2.05) is 0 Å². The largest absolute Gasteiger partial charge is 0.295 e. The number of hydrogen-bond acceptors (Lipinski definition) is 1. The standard InChI is InChI=1S/C11H20FN/c1-9(2)6-11-4-3-5-13(11)8-10(12)7-11/h9-10H,3-8H2,1-2H3/t10-,11-/m1/s1/i8D2. The van der Waals surface area contributed by atoms with E-state index in [-0.39, 0.29) is 5.54 Å². The summed E-state index contributed by atoms with van der Waals surface area (Å²) >= 11 is 0. The summed E-state index contributed by atoms with van der Waals surface area (Å²) in [5.74, 6) is 0.506. The van der Waals surface area contributed by atoms with Crippen molar-refractivity contribution >= 4 is 0 Å². The van der Waals surface area contributed by atoms with Crippen LogP contribution in [0.1, 0.15) is 42.3 Å². The predicted molar refractivity (Wildman–Crippen MR) is 52.5 cm³/mol. The van der Waals surface area contributed by atoms with Gasteiger partial charge in [-0.3, -0.25) is 4.90 Å². The molecule has 0 spiro atoms. The fraction of sp³-hybridized carbons (Fsp3) is 1.00. The summed E-state index contributed by atoms with van der Waals surface area (Å²) in [7, 11) is 0. The van der Waals surface area contributed by atoms with Gasteiger partial charge in [-0.2, -0.15) is 0 Å². The van der Waals surface area contributed by atoms with Gasteiger partial charge in [-0.1, -0.05) is 13.8 Å². The molecule has 0 aromatic heterocycles. The zero-order chi connectivity index (χ0) is 11.3. The minimum absolute atomic E-state index is 0.183. The number of halogens is 1. The number of rotatable bonds is 2. The van der Waals surface area contributed by atoms with Crippen LogP contribution >= 0.6 is 0 Å². The normalized spacial score (nSPS) is 46.3. The minimum atomic E-state index is -1.73. The maximum Gasteiger partial charge on any atom is 0.115 e. The molecule has 2 atom stereocenters. The molecule has 0 aromatic rings. The molecule has 0 saturated carbocycles. The van der Waals surface area contributed by atoms with Crippen LogP contribution in [0.5, 0.6) is 0 Å². The SMILES string of the molecule is [2H]C1([2H])[C@H](F)C[C@]2(CC(C)C)CCCN12. The summed E-state index contributed by atoms with van der Waals surface area (Å²) in [5, 5.41) is 0. The Morgan fingerprint density at radius 1 is 1.69 bits per heavy atom. The van der Waals surface area contributed by atoms with E-state index in [1.165, 1.54) is 0 Å². The molecule has 2 heteroatoms. The Labute approximate surface area is 83.1 Å². The third kappa shape index (κ3) is 1.61. The van der Waals surface area contributed by atoms with Gasteiger partial charge in [-0.05, 0) is 38.1 Å². The number of alkyl halides is 1. The molecular weight excluding hydrogens is 165 g/mol. The molecule has 1 nitrogen and oxygen atoms in total. The zero-order valence-electron chi connectivity index (χ0n) is 10.5. The van der Waals surface area contributed by atoms with Gasteiger partial charge in [-0.25, -0.2) is 4.39 Å². The second-order valence-corrected chi connectivity index (χ2v) is 4.88. The number of hydrogen-bond donors (Lipinski definition) is 0. The second-order valence-electron chi connectivity index (χ2n) is 4.88. The number of nitrogens with zero attached hydrogens (tertiary/aromatic N) is 1. The lowest BCUT2D eigenvalue weighted by Crippen LogP contribution is -2.39. The highest BCUT2D eigenvalue weighted by molar-refractivity contribution is 5.03. The van der Waals surface area contributed by atoms with Crippen molar-refractivity contribution in [3.8, 4) is 0 Å². The van der Waals surface area contributed by atoms with Crippen LogP contribution < -0.4 is 0 Å². The molecule has 76 valence electrons. The average Bonchev–Trinajstić information content (AvgIpc) is 2.53. The first kappa shape index (κ1) is 7.22. The van der Waals surface area contributed by atoms with Gasteiger partial charge in [0.1, 0.15) is 6.17 Å². The van der Waals surface area contributed by atoms with Crippen LogP contribution in [0.15, 0.2) is 0 Å². The highest BCUT2D eigenvalue weighted by Gasteiger charge is 2.48. The third-order valence-electron chi connectivity index (χ3n) is 3.24. The van der Waals surface area contributed by atoms with Crippen molar-refractivity contribution in [3.05, 3.63) is 0 Å². The summed E-state index contributed by atoms with van der Waals surface area (Å²) < 4.78 is 29.3. The Kier molecular flexibility index (Phi) is 1.79. The number of fused-ring (bicyclic) bond motifs is 1. The molecule has 0 aliphatic carbocycles. The molecule has 2 heterocycles. The molecule has 0 radical (unpaired) electrons. The lowest BCUT2D eigenvalue weighted by molar-refractivity contribution is 0.163. The van der Waals surface area contributed by atoms with Crippen molar-refractivity contribution in [1.82, 2.24) is 4.90 Å². The van der Waals surface area contributed by atoms with Crippen LogP contribution in [0.4, 0.5) is 4.39 Å². The monoisotopic (exact) mass is 187 g/mol.